The first-order valence-corrected chi connectivity index (χ1v) is 12.4. The first-order valence-electron chi connectivity index (χ1n) is 12.4. The van der Waals surface area contributed by atoms with Gasteiger partial charge in [-0.05, 0) is 63.9 Å². The third kappa shape index (κ3) is 4.98. The summed E-state index contributed by atoms with van der Waals surface area (Å²) < 4.78 is 5.55. The Kier molecular flexibility index (Phi) is 6.78. The van der Waals surface area contributed by atoms with Gasteiger partial charge in [0.15, 0.2) is 0 Å². The minimum absolute atomic E-state index is 0.0842. The Balaban J connectivity index is 1.24. The lowest BCUT2D eigenvalue weighted by Gasteiger charge is -2.18. The van der Waals surface area contributed by atoms with E-state index in [9.17, 15) is 14.7 Å². The molecular formula is C32H29NO4. The van der Waals surface area contributed by atoms with Crippen LogP contribution in [0.15, 0.2) is 91.0 Å². The predicted molar refractivity (Wildman–Crippen MR) is 145 cm³/mol. The number of amides is 1. The van der Waals surface area contributed by atoms with Gasteiger partial charge in [-0.3, -0.25) is 0 Å². The van der Waals surface area contributed by atoms with Crippen LogP contribution in [-0.2, 0) is 16.0 Å². The van der Waals surface area contributed by atoms with E-state index in [0.29, 0.717) is 0 Å². The molecule has 0 radical (unpaired) electrons. The number of fused-ring (bicyclic) bond motifs is 3. The van der Waals surface area contributed by atoms with Crippen molar-refractivity contribution in [2.75, 3.05) is 6.61 Å². The number of aliphatic carboxylic acids is 1. The van der Waals surface area contributed by atoms with Gasteiger partial charge in [0, 0.05) is 12.3 Å². The fourth-order valence-electron chi connectivity index (χ4n) is 5.10. The van der Waals surface area contributed by atoms with Gasteiger partial charge in [-0.2, -0.15) is 0 Å². The molecule has 5 rings (SSSR count). The molecule has 0 saturated carbocycles. The van der Waals surface area contributed by atoms with Gasteiger partial charge >= 0.3 is 12.1 Å². The number of carboxylic acid groups (broad SMARTS) is 1. The number of nitrogens with one attached hydrogen (secondary N) is 1. The van der Waals surface area contributed by atoms with Crippen LogP contribution in [0.3, 0.4) is 0 Å². The summed E-state index contributed by atoms with van der Waals surface area (Å²) in [6.07, 6.45) is -0.576. The highest BCUT2D eigenvalue weighted by Crippen LogP contribution is 2.44. The fraction of sp³-hybridized carbons (Fsp3) is 0.188. The zero-order valence-corrected chi connectivity index (χ0v) is 20.9. The molecule has 5 heteroatoms. The lowest BCUT2D eigenvalue weighted by Crippen LogP contribution is -2.42. The highest BCUT2D eigenvalue weighted by molar-refractivity contribution is 5.81. The highest BCUT2D eigenvalue weighted by Gasteiger charge is 2.29. The lowest BCUT2D eigenvalue weighted by atomic mass is 9.95. The van der Waals surface area contributed by atoms with E-state index in [1.54, 1.807) is 0 Å². The van der Waals surface area contributed by atoms with Crippen molar-refractivity contribution < 1.29 is 19.4 Å². The molecule has 4 aromatic carbocycles. The van der Waals surface area contributed by atoms with Crippen LogP contribution in [0, 0.1) is 13.8 Å². The number of ether oxygens (including phenoxy) is 1. The van der Waals surface area contributed by atoms with Gasteiger partial charge in [0.25, 0.3) is 0 Å². The SMILES string of the molecule is Cc1cccc(-c2ccc(C[C@H](NC(=O)OCC3c4ccccc4-c4ccccc43)C(=O)O)cc2)c1C. The molecule has 0 aromatic heterocycles. The first-order chi connectivity index (χ1) is 17.9. The molecule has 1 aliphatic carbocycles. The molecule has 1 atom stereocenters. The van der Waals surface area contributed by atoms with E-state index in [1.807, 2.05) is 66.7 Å². The number of aryl methyl sites for hydroxylation is 1. The van der Waals surface area contributed by atoms with Crippen molar-refractivity contribution in [1.29, 1.82) is 0 Å². The van der Waals surface area contributed by atoms with E-state index in [0.717, 1.165) is 38.9 Å². The second-order valence-corrected chi connectivity index (χ2v) is 9.51. The molecule has 5 nitrogen and oxygen atoms in total. The molecule has 0 bridgehead atoms. The van der Waals surface area contributed by atoms with Crippen LogP contribution >= 0.6 is 0 Å². The molecule has 0 saturated heterocycles. The first kappa shape index (κ1) is 24.3. The summed E-state index contributed by atoms with van der Waals surface area (Å²) >= 11 is 0. The van der Waals surface area contributed by atoms with Gasteiger partial charge < -0.3 is 15.2 Å². The topological polar surface area (TPSA) is 75.6 Å². The van der Waals surface area contributed by atoms with E-state index >= 15 is 0 Å². The second kappa shape index (κ2) is 10.3. The maximum Gasteiger partial charge on any atom is 0.407 e. The Morgan fingerprint density at radius 3 is 2.03 bits per heavy atom. The minimum Gasteiger partial charge on any atom is -0.480 e. The predicted octanol–water partition coefficient (Wildman–Crippen LogP) is 6.50. The van der Waals surface area contributed by atoms with Crippen molar-refractivity contribution in [3.63, 3.8) is 0 Å². The van der Waals surface area contributed by atoms with Crippen LogP contribution in [0.1, 0.15) is 33.7 Å². The molecule has 2 N–H and O–H groups in total. The van der Waals surface area contributed by atoms with E-state index in [1.165, 1.54) is 11.1 Å². The summed E-state index contributed by atoms with van der Waals surface area (Å²) in [5.74, 6) is -1.19. The van der Waals surface area contributed by atoms with E-state index in [4.69, 9.17) is 4.74 Å². The molecule has 4 aromatic rings. The summed E-state index contributed by atoms with van der Waals surface area (Å²) in [5.41, 5.74) is 9.97. The molecule has 0 heterocycles. The van der Waals surface area contributed by atoms with E-state index in [-0.39, 0.29) is 18.9 Å². The number of hydrogen-bond donors (Lipinski definition) is 2. The summed E-state index contributed by atoms with van der Waals surface area (Å²) in [6.45, 7) is 4.31. The van der Waals surface area contributed by atoms with Crippen molar-refractivity contribution in [3.05, 3.63) is 119 Å². The van der Waals surface area contributed by atoms with Crippen LogP contribution in [0.4, 0.5) is 4.79 Å². The molecule has 0 aliphatic heterocycles. The molecule has 0 unspecified atom stereocenters. The number of hydrogen-bond acceptors (Lipinski definition) is 3. The Bertz CT molecular complexity index is 1410. The van der Waals surface area contributed by atoms with Crippen molar-refractivity contribution >= 4 is 12.1 Å². The summed E-state index contributed by atoms with van der Waals surface area (Å²) in [7, 11) is 0. The maximum atomic E-state index is 12.6. The number of benzene rings is 4. The second-order valence-electron chi connectivity index (χ2n) is 9.51. The number of alkyl carbamates (subject to hydrolysis) is 1. The average Bonchev–Trinajstić information content (AvgIpc) is 3.23. The van der Waals surface area contributed by atoms with Crippen molar-refractivity contribution in [2.24, 2.45) is 0 Å². The van der Waals surface area contributed by atoms with E-state index < -0.39 is 18.1 Å². The van der Waals surface area contributed by atoms with Gasteiger partial charge in [0.1, 0.15) is 12.6 Å². The van der Waals surface area contributed by atoms with Crippen LogP contribution < -0.4 is 5.32 Å². The fourth-order valence-corrected chi connectivity index (χ4v) is 5.10. The van der Waals surface area contributed by atoms with Crippen LogP contribution in [0.2, 0.25) is 0 Å². The van der Waals surface area contributed by atoms with Crippen molar-refractivity contribution in [3.8, 4) is 22.3 Å². The number of carbonyl (C=O) groups is 2. The molecule has 1 aliphatic rings. The van der Waals surface area contributed by atoms with Crippen LogP contribution in [0.25, 0.3) is 22.3 Å². The van der Waals surface area contributed by atoms with Gasteiger partial charge in [-0.1, -0.05) is 91.0 Å². The summed E-state index contributed by atoms with van der Waals surface area (Å²) in [6, 6.07) is 29.1. The van der Waals surface area contributed by atoms with Crippen LogP contribution in [-0.4, -0.2) is 29.8 Å². The van der Waals surface area contributed by atoms with Crippen molar-refractivity contribution in [1.82, 2.24) is 5.32 Å². The van der Waals surface area contributed by atoms with Gasteiger partial charge in [-0.25, -0.2) is 9.59 Å². The Hall–Kier alpha value is -4.38. The molecular weight excluding hydrogens is 462 g/mol. The monoisotopic (exact) mass is 491 g/mol. The van der Waals surface area contributed by atoms with Gasteiger partial charge in [-0.15, -0.1) is 0 Å². The summed E-state index contributed by atoms with van der Waals surface area (Å²) in [5, 5.41) is 12.3. The molecule has 1 amide bonds. The summed E-state index contributed by atoms with van der Waals surface area (Å²) in [4.78, 5) is 24.6. The minimum atomic E-state index is -1.10. The quantitative estimate of drug-likeness (QED) is 0.309. The normalized spacial score (nSPS) is 12.9. The Labute approximate surface area is 216 Å². The standard InChI is InChI=1S/C32H29NO4/c1-20-8-7-13-24(21(20)2)23-16-14-22(15-17-23)18-30(31(34)35)33-32(36)37-19-29-27-11-5-3-9-25(27)26-10-4-6-12-28(26)29/h3-17,29-30H,18-19H2,1-2H3,(H,33,36)(H,34,35)/t30-/m0/s1. The molecule has 0 spiro atoms. The average molecular weight is 492 g/mol. The maximum absolute atomic E-state index is 12.6. The zero-order valence-electron chi connectivity index (χ0n) is 20.9. The zero-order chi connectivity index (χ0) is 25.9. The van der Waals surface area contributed by atoms with E-state index in [2.05, 4.69) is 43.4 Å². The Morgan fingerprint density at radius 2 is 1.41 bits per heavy atom. The number of carbonyl (C=O) groups excluding carboxylic acids is 1. The molecule has 37 heavy (non-hydrogen) atoms. The number of rotatable bonds is 7. The van der Waals surface area contributed by atoms with Crippen molar-refractivity contribution in [2.45, 2.75) is 32.2 Å². The Morgan fingerprint density at radius 1 is 0.811 bits per heavy atom. The molecule has 186 valence electrons. The highest BCUT2D eigenvalue weighted by atomic mass is 16.5. The smallest absolute Gasteiger partial charge is 0.407 e. The number of carboxylic acids is 1. The third-order valence-corrected chi connectivity index (χ3v) is 7.24. The lowest BCUT2D eigenvalue weighted by molar-refractivity contribution is -0.139. The van der Waals surface area contributed by atoms with Crippen LogP contribution in [0.5, 0.6) is 0 Å². The molecule has 0 fully saturated rings. The van der Waals surface area contributed by atoms with Gasteiger partial charge in [0.05, 0.1) is 0 Å². The largest absolute Gasteiger partial charge is 0.480 e. The van der Waals surface area contributed by atoms with Gasteiger partial charge in [0.2, 0.25) is 0 Å². The third-order valence-electron chi connectivity index (χ3n) is 7.24.